The molecular formula is C13H22N2O. The van der Waals surface area contributed by atoms with Gasteiger partial charge in [-0.05, 0) is 55.8 Å². The molecule has 0 saturated heterocycles. The van der Waals surface area contributed by atoms with Crippen LogP contribution in [-0.4, -0.2) is 19.0 Å². The predicted molar refractivity (Wildman–Crippen MR) is 62.6 cm³/mol. The molecule has 3 N–H and O–H groups in total. The Kier molecular flexibility index (Phi) is 2.66. The van der Waals surface area contributed by atoms with Gasteiger partial charge in [0.25, 0.3) is 0 Å². The molecule has 4 rings (SSSR count). The molecule has 0 spiro atoms. The van der Waals surface area contributed by atoms with E-state index in [-0.39, 0.29) is 0 Å². The van der Waals surface area contributed by atoms with Gasteiger partial charge in [-0.3, -0.25) is 4.79 Å². The molecule has 4 aliphatic rings. The zero-order valence-corrected chi connectivity index (χ0v) is 9.82. The van der Waals surface area contributed by atoms with Gasteiger partial charge in [-0.25, -0.2) is 0 Å². The molecule has 0 heterocycles. The molecule has 0 unspecified atom stereocenters. The minimum Gasteiger partial charge on any atom is -0.355 e. The second-order valence-electron chi connectivity index (χ2n) is 6.04. The Labute approximate surface area is 97.2 Å². The molecule has 0 aromatic heterocycles. The van der Waals surface area contributed by atoms with Crippen molar-refractivity contribution in [3.63, 3.8) is 0 Å². The number of amides is 1. The molecule has 0 aliphatic heterocycles. The van der Waals surface area contributed by atoms with E-state index in [1.807, 2.05) is 0 Å². The van der Waals surface area contributed by atoms with Gasteiger partial charge in [-0.1, -0.05) is 0 Å². The first kappa shape index (κ1) is 10.6. The summed E-state index contributed by atoms with van der Waals surface area (Å²) in [6.45, 7) is 1.20. The van der Waals surface area contributed by atoms with Crippen molar-refractivity contribution in [2.45, 2.75) is 32.1 Å². The Balaban J connectivity index is 1.69. The monoisotopic (exact) mass is 222 g/mol. The van der Waals surface area contributed by atoms with Crippen molar-refractivity contribution < 1.29 is 4.79 Å². The molecule has 3 nitrogen and oxygen atoms in total. The zero-order valence-electron chi connectivity index (χ0n) is 9.82. The van der Waals surface area contributed by atoms with Gasteiger partial charge in [-0.2, -0.15) is 0 Å². The Morgan fingerprint density at radius 3 is 2.12 bits per heavy atom. The van der Waals surface area contributed by atoms with Gasteiger partial charge in [-0.15, -0.1) is 0 Å². The van der Waals surface area contributed by atoms with Crippen molar-refractivity contribution in [3.05, 3.63) is 0 Å². The topological polar surface area (TPSA) is 55.1 Å². The number of carbonyl (C=O) groups is 1. The van der Waals surface area contributed by atoms with E-state index in [9.17, 15) is 4.79 Å². The number of hydrogen-bond acceptors (Lipinski definition) is 2. The first-order valence-corrected chi connectivity index (χ1v) is 6.75. The van der Waals surface area contributed by atoms with Crippen LogP contribution < -0.4 is 11.1 Å². The Hall–Kier alpha value is -0.570. The highest BCUT2D eigenvalue weighted by Gasteiger charge is 2.50. The molecule has 4 aliphatic carbocycles. The minimum atomic E-state index is 0.291. The average Bonchev–Trinajstić information content (AvgIpc) is 2.24. The lowest BCUT2D eigenvalue weighted by molar-refractivity contribution is -0.138. The van der Waals surface area contributed by atoms with E-state index in [4.69, 9.17) is 5.73 Å². The fourth-order valence-corrected chi connectivity index (χ4v) is 4.67. The van der Waals surface area contributed by atoms with Crippen LogP contribution in [0, 0.1) is 29.6 Å². The molecule has 0 aromatic carbocycles. The Morgan fingerprint density at radius 1 is 1.06 bits per heavy atom. The standard InChI is InChI=1S/C13H22N2O/c14-1-2-15-13(16)12-10-4-8-3-9(6-10)7-11(12)5-8/h8-12H,1-7,14H2,(H,15,16). The summed E-state index contributed by atoms with van der Waals surface area (Å²) in [5.74, 6) is 3.88. The van der Waals surface area contributed by atoms with Crippen molar-refractivity contribution in [3.8, 4) is 0 Å². The van der Waals surface area contributed by atoms with Gasteiger partial charge >= 0.3 is 0 Å². The van der Waals surface area contributed by atoms with Crippen molar-refractivity contribution in [2.24, 2.45) is 35.3 Å². The number of nitrogens with one attached hydrogen (secondary N) is 1. The maximum absolute atomic E-state index is 12.1. The predicted octanol–water partition coefficient (Wildman–Crippen LogP) is 1.13. The van der Waals surface area contributed by atoms with Crippen molar-refractivity contribution >= 4 is 5.91 Å². The van der Waals surface area contributed by atoms with Crippen LogP contribution in [0.4, 0.5) is 0 Å². The lowest BCUT2D eigenvalue weighted by Crippen LogP contribution is -2.51. The van der Waals surface area contributed by atoms with Gasteiger partial charge in [0.2, 0.25) is 5.91 Å². The Morgan fingerprint density at radius 2 is 1.62 bits per heavy atom. The summed E-state index contributed by atoms with van der Waals surface area (Å²) in [4.78, 5) is 12.1. The normalized spacial score (nSPS) is 44.7. The number of nitrogens with two attached hydrogens (primary N) is 1. The highest BCUT2D eigenvalue weighted by atomic mass is 16.1. The molecule has 90 valence electrons. The molecule has 4 fully saturated rings. The van der Waals surface area contributed by atoms with Gasteiger partial charge < -0.3 is 11.1 Å². The SMILES string of the molecule is NCCNC(=O)C1C2CC3CC(C2)CC1C3. The third kappa shape index (κ3) is 1.65. The molecule has 16 heavy (non-hydrogen) atoms. The molecule has 4 bridgehead atoms. The fourth-order valence-electron chi connectivity index (χ4n) is 4.67. The van der Waals surface area contributed by atoms with Gasteiger partial charge in [0, 0.05) is 19.0 Å². The summed E-state index contributed by atoms with van der Waals surface area (Å²) in [5, 5.41) is 3.00. The third-order valence-electron chi connectivity index (χ3n) is 4.97. The van der Waals surface area contributed by atoms with Crippen molar-refractivity contribution in [2.75, 3.05) is 13.1 Å². The van der Waals surface area contributed by atoms with E-state index in [1.165, 1.54) is 32.1 Å². The van der Waals surface area contributed by atoms with E-state index in [0.29, 0.717) is 36.8 Å². The van der Waals surface area contributed by atoms with Crippen LogP contribution in [0.25, 0.3) is 0 Å². The highest BCUT2D eigenvalue weighted by Crippen LogP contribution is 2.56. The summed E-state index contributed by atoms with van der Waals surface area (Å²) in [7, 11) is 0. The van der Waals surface area contributed by atoms with E-state index < -0.39 is 0 Å². The van der Waals surface area contributed by atoms with Crippen LogP contribution >= 0.6 is 0 Å². The van der Waals surface area contributed by atoms with Gasteiger partial charge in [0.05, 0.1) is 0 Å². The second kappa shape index (κ2) is 4.02. The molecule has 1 amide bonds. The van der Waals surface area contributed by atoms with E-state index in [1.54, 1.807) is 0 Å². The zero-order chi connectivity index (χ0) is 11.1. The van der Waals surface area contributed by atoms with Crippen LogP contribution in [-0.2, 0) is 4.79 Å². The van der Waals surface area contributed by atoms with Crippen LogP contribution in [0.15, 0.2) is 0 Å². The summed E-state index contributed by atoms with van der Waals surface area (Å²) in [6, 6.07) is 0. The maximum Gasteiger partial charge on any atom is 0.223 e. The van der Waals surface area contributed by atoms with E-state index in [2.05, 4.69) is 5.32 Å². The van der Waals surface area contributed by atoms with E-state index in [0.717, 1.165) is 11.8 Å². The lowest BCUT2D eigenvalue weighted by Gasteiger charge is -2.53. The summed E-state index contributed by atoms with van der Waals surface area (Å²) >= 11 is 0. The van der Waals surface area contributed by atoms with Crippen molar-refractivity contribution in [1.29, 1.82) is 0 Å². The fraction of sp³-hybridized carbons (Fsp3) is 0.923. The first-order valence-electron chi connectivity index (χ1n) is 6.75. The number of rotatable bonds is 3. The summed E-state index contributed by atoms with van der Waals surface area (Å²) in [6.07, 6.45) is 6.70. The van der Waals surface area contributed by atoms with Crippen LogP contribution in [0.3, 0.4) is 0 Å². The lowest BCUT2D eigenvalue weighted by atomic mass is 9.51. The van der Waals surface area contributed by atoms with Crippen LogP contribution in [0.5, 0.6) is 0 Å². The van der Waals surface area contributed by atoms with Crippen LogP contribution in [0.1, 0.15) is 32.1 Å². The molecule has 0 atom stereocenters. The van der Waals surface area contributed by atoms with E-state index >= 15 is 0 Å². The molecular weight excluding hydrogens is 200 g/mol. The first-order chi connectivity index (χ1) is 7.78. The van der Waals surface area contributed by atoms with Gasteiger partial charge in [0.15, 0.2) is 0 Å². The number of carbonyl (C=O) groups excluding carboxylic acids is 1. The summed E-state index contributed by atoms with van der Waals surface area (Å²) < 4.78 is 0. The largest absolute Gasteiger partial charge is 0.355 e. The molecule has 3 heteroatoms. The van der Waals surface area contributed by atoms with Crippen LogP contribution in [0.2, 0.25) is 0 Å². The molecule has 4 saturated carbocycles. The highest BCUT2D eigenvalue weighted by molar-refractivity contribution is 5.79. The molecule has 0 aromatic rings. The minimum absolute atomic E-state index is 0.291. The van der Waals surface area contributed by atoms with Gasteiger partial charge in [0.1, 0.15) is 0 Å². The quantitative estimate of drug-likeness (QED) is 0.752. The maximum atomic E-state index is 12.1. The third-order valence-corrected chi connectivity index (χ3v) is 4.97. The Bertz CT molecular complexity index is 262. The second-order valence-corrected chi connectivity index (χ2v) is 6.04. The van der Waals surface area contributed by atoms with Crippen molar-refractivity contribution in [1.82, 2.24) is 5.32 Å². The smallest absolute Gasteiger partial charge is 0.223 e. The number of hydrogen-bond donors (Lipinski definition) is 2. The summed E-state index contributed by atoms with van der Waals surface area (Å²) in [5.41, 5.74) is 5.44. The molecule has 0 radical (unpaired) electrons. The average molecular weight is 222 g/mol.